The van der Waals surface area contributed by atoms with Gasteiger partial charge in [-0.2, -0.15) is 16.9 Å². The molecule has 0 saturated heterocycles. The summed E-state index contributed by atoms with van der Waals surface area (Å²) in [6.45, 7) is 9.84. The number of halogens is 1. The largest absolute Gasteiger partial charge is 0.268 e. The summed E-state index contributed by atoms with van der Waals surface area (Å²) in [5.74, 6) is 3.10. The number of hydrogen-bond acceptors (Lipinski definition) is 2. The Balaban J connectivity index is 2.66. The standard InChI is InChI=1S/C13H23BrN2S/c1-5-10(4)8-17-9-12-13(14)11(6-2)15-16(12)7-3/h10H,5-9H2,1-4H3. The highest BCUT2D eigenvalue weighted by Gasteiger charge is 2.13. The van der Waals surface area contributed by atoms with E-state index in [1.807, 2.05) is 11.8 Å². The lowest BCUT2D eigenvalue weighted by Gasteiger charge is -2.09. The molecule has 2 nitrogen and oxygen atoms in total. The van der Waals surface area contributed by atoms with Gasteiger partial charge in [-0.05, 0) is 40.9 Å². The third kappa shape index (κ3) is 4.02. The van der Waals surface area contributed by atoms with Crippen molar-refractivity contribution in [2.24, 2.45) is 5.92 Å². The van der Waals surface area contributed by atoms with Gasteiger partial charge in [0.25, 0.3) is 0 Å². The summed E-state index contributed by atoms with van der Waals surface area (Å²) < 4.78 is 3.35. The summed E-state index contributed by atoms with van der Waals surface area (Å²) in [7, 11) is 0. The molecule has 1 unspecified atom stereocenters. The Labute approximate surface area is 118 Å². The van der Waals surface area contributed by atoms with Gasteiger partial charge >= 0.3 is 0 Å². The van der Waals surface area contributed by atoms with Gasteiger partial charge in [0.15, 0.2) is 0 Å². The molecule has 0 bridgehead atoms. The highest BCUT2D eigenvalue weighted by molar-refractivity contribution is 9.10. The molecule has 0 aliphatic rings. The second kappa shape index (κ2) is 7.47. The Hall–Kier alpha value is 0.0400. The number of aromatic nitrogens is 2. The number of hydrogen-bond donors (Lipinski definition) is 0. The van der Waals surface area contributed by atoms with Crippen molar-refractivity contribution >= 4 is 27.7 Å². The van der Waals surface area contributed by atoms with Gasteiger partial charge in [0.1, 0.15) is 0 Å². The van der Waals surface area contributed by atoms with Gasteiger partial charge in [0.05, 0.1) is 15.9 Å². The predicted octanol–water partition coefficient (Wildman–Crippen LogP) is 4.51. The minimum absolute atomic E-state index is 0.808. The summed E-state index contributed by atoms with van der Waals surface area (Å²) in [6, 6.07) is 0. The first-order valence-corrected chi connectivity index (χ1v) is 8.40. The second-order valence-corrected chi connectivity index (χ2v) is 6.23. The first kappa shape index (κ1) is 15.1. The molecule has 1 heterocycles. The van der Waals surface area contributed by atoms with E-state index in [0.717, 1.165) is 24.6 Å². The maximum absolute atomic E-state index is 4.62. The van der Waals surface area contributed by atoms with E-state index in [2.05, 4.69) is 53.4 Å². The molecular formula is C13H23BrN2S. The molecule has 1 aromatic rings. The second-order valence-electron chi connectivity index (χ2n) is 4.41. The Bertz CT molecular complexity index is 349. The van der Waals surface area contributed by atoms with Crippen LogP contribution in [0.3, 0.4) is 0 Å². The van der Waals surface area contributed by atoms with E-state index < -0.39 is 0 Å². The Morgan fingerprint density at radius 2 is 2.06 bits per heavy atom. The summed E-state index contributed by atoms with van der Waals surface area (Å²) >= 11 is 5.71. The minimum Gasteiger partial charge on any atom is -0.268 e. The van der Waals surface area contributed by atoms with Crippen molar-refractivity contribution in [2.45, 2.75) is 52.8 Å². The summed E-state index contributed by atoms with van der Waals surface area (Å²) in [5.41, 5.74) is 2.53. The molecule has 0 aliphatic carbocycles. The average molecular weight is 319 g/mol. The summed E-state index contributed by atoms with van der Waals surface area (Å²) in [5, 5.41) is 4.62. The van der Waals surface area contributed by atoms with Crippen LogP contribution in [-0.2, 0) is 18.7 Å². The highest BCUT2D eigenvalue weighted by atomic mass is 79.9. The van der Waals surface area contributed by atoms with E-state index >= 15 is 0 Å². The molecule has 17 heavy (non-hydrogen) atoms. The van der Waals surface area contributed by atoms with Crippen LogP contribution in [0.15, 0.2) is 4.47 Å². The molecule has 0 aromatic carbocycles. The van der Waals surface area contributed by atoms with Crippen molar-refractivity contribution in [2.75, 3.05) is 5.75 Å². The molecule has 0 N–H and O–H groups in total. The molecule has 0 fully saturated rings. The molecule has 1 atom stereocenters. The van der Waals surface area contributed by atoms with Crippen LogP contribution in [0.1, 0.15) is 45.5 Å². The molecule has 98 valence electrons. The quantitative estimate of drug-likeness (QED) is 0.736. The van der Waals surface area contributed by atoms with Crippen molar-refractivity contribution in [3.63, 3.8) is 0 Å². The van der Waals surface area contributed by atoms with Crippen LogP contribution in [0.2, 0.25) is 0 Å². The lowest BCUT2D eigenvalue weighted by Crippen LogP contribution is -2.03. The number of nitrogens with zero attached hydrogens (tertiary/aromatic N) is 2. The normalized spacial score (nSPS) is 13.0. The maximum atomic E-state index is 4.62. The molecule has 0 spiro atoms. The van der Waals surface area contributed by atoms with Gasteiger partial charge in [-0.1, -0.05) is 27.2 Å². The van der Waals surface area contributed by atoms with E-state index in [1.165, 1.54) is 28.0 Å². The van der Waals surface area contributed by atoms with Crippen LogP contribution in [0.4, 0.5) is 0 Å². The predicted molar refractivity (Wildman–Crippen MR) is 80.6 cm³/mol. The Morgan fingerprint density at radius 3 is 2.59 bits per heavy atom. The average Bonchev–Trinajstić information content (AvgIpc) is 2.65. The minimum atomic E-state index is 0.808. The zero-order valence-corrected chi connectivity index (χ0v) is 13.7. The molecule has 0 radical (unpaired) electrons. The van der Waals surface area contributed by atoms with Crippen LogP contribution in [0, 0.1) is 5.92 Å². The van der Waals surface area contributed by atoms with Crippen LogP contribution in [0.5, 0.6) is 0 Å². The van der Waals surface area contributed by atoms with Crippen LogP contribution in [0.25, 0.3) is 0 Å². The molecule has 0 saturated carbocycles. The number of thioether (sulfide) groups is 1. The van der Waals surface area contributed by atoms with Crippen molar-refractivity contribution in [1.29, 1.82) is 0 Å². The SMILES string of the molecule is CCc1nn(CC)c(CSCC(C)CC)c1Br. The van der Waals surface area contributed by atoms with E-state index in [9.17, 15) is 0 Å². The zero-order chi connectivity index (χ0) is 12.8. The van der Waals surface area contributed by atoms with Gasteiger partial charge < -0.3 is 0 Å². The van der Waals surface area contributed by atoms with Crippen molar-refractivity contribution in [1.82, 2.24) is 9.78 Å². The van der Waals surface area contributed by atoms with Crippen molar-refractivity contribution in [3.8, 4) is 0 Å². The van der Waals surface area contributed by atoms with Gasteiger partial charge in [0.2, 0.25) is 0 Å². The first-order chi connectivity index (χ1) is 8.13. The molecular weight excluding hydrogens is 296 g/mol. The van der Waals surface area contributed by atoms with Crippen molar-refractivity contribution in [3.05, 3.63) is 15.9 Å². The van der Waals surface area contributed by atoms with Gasteiger partial charge in [-0.15, -0.1) is 0 Å². The third-order valence-electron chi connectivity index (χ3n) is 3.03. The monoisotopic (exact) mass is 318 g/mol. The molecule has 1 rings (SSSR count). The summed E-state index contributed by atoms with van der Waals surface area (Å²) in [4.78, 5) is 0. The molecule has 0 aliphatic heterocycles. The molecule has 4 heteroatoms. The topological polar surface area (TPSA) is 17.8 Å². The summed E-state index contributed by atoms with van der Waals surface area (Å²) in [6.07, 6.45) is 2.26. The lowest BCUT2D eigenvalue weighted by molar-refractivity contribution is 0.624. The third-order valence-corrected chi connectivity index (χ3v) is 5.23. The van der Waals surface area contributed by atoms with Gasteiger partial charge in [-0.3, -0.25) is 4.68 Å². The van der Waals surface area contributed by atoms with E-state index in [-0.39, 0.29) is 0 Å². The molecule has 0 amide bonds. The van der Waals surface area contributed by atoms with Gasteiger partial charge in [-0.25, -0.2) is 0 Å². The van der Waals surface area contributed by atoms with E-state index in [4.69, 9.17) is 0 Å². The highest BCUT2D eigenvalue weighted by Crippen LogP contribution is 2.27. The number of aryl methyl sites for hydroxylation is 2. The van der Waals surface area contributed by atoms with Crippen LogP contribution >= 0.6 is 27.7 Å². The first-order valence-electron chi connectivity index (χ1n) is 6.45. The fourth-order valence-corrected chi connectivity index (χ4v) is 3.76. The Morgan fingerprint density at radius 1 is 1.35 bits per heavy atom. The van der Waals surface area contributed by atoms with Crippen molar-refractivity contribution < 1.29 is 0 Å². The van der Waals surface area contributed by atoms with E-state index in [1.54, 1.807) is 0 Å². The number of rotatable bonds is 7. The maximum Gasteiger partial charge on any atom is 0.0767 e. The van der Waals surface area contributed by atoms with E-state index in [0.29, 0.717) is 0 Å². The van der Waals surface area contributed by atoms with Gasteiger partial charge in [0, 0.05) is 12.3 Å². The zero-order valence-electron chi connectivity index (χ0n) is 11.3. The fraction of sp³-hybridized carbons (Fsp3) is 0.769. The lowest BCUT2D eigenvalue weighted by atomic mass is 10.2. The smallest absolute Gasteiger partial charge is 0.0767 e. The Kier molecular flexibility index (Phi) is 6.63. The van der Waals surface area contributed by atoms with Crippen LogP contribution in [-0.4, -0.2) is 15.5 Å². The molecule has 1 aromatic heterocycles. The fourth-order valence-electron chi connectivity index (χ4n) is 1.63. The van der Waals surface area contributed by atoms with Crippen LogP contribution < -0.4 is 0 Å².